The normalized spacial score (nSPS) is 11.1. The van der Waals surface area contributed by atoms with Gasteiger partial charge in [0.2, 0.25) is 5.95 Å². The van der Waals surface area contributed by atoms with Crippen LogP contribution >= 0.6 is 0 Å². The van der Waals surface area contributed by atoms with Gasteiger partial charge >= 0.3 is 0 Å². The molecule has 0 saturated carbocycles. The fourth-order valence-corrected chi connectivity index (χ4v) is 3.22. The first-order valence-corrected chi connectivity index (χ1v) is 12.0. The van der Waals surface area contributed by atoms with Crippen LogP contribution in [-0.4, -0.2) is 68.3 Å². The molecular weight excluding hydrogens is 482 g/mol. The molecule has 3 aromatic rings. The van der Waals surface area contributed by atoms with Gasteiger partial charge in [-0.05, 0) is 44.2 Å². The molecule has 2 aromatic carbocycles. The molecule has 1 amide bonds. The zero-order valence-corrected chi connectivity index (χ0v) is 21.0. The quantitative estimate of drug-likeness (QED) is 0.172. The van der Waals surface area contributed by atoms with Crippen LogP contribution in [0.4, 0.5) is 5.95 Å². The van der Waals surface area contributed by atoms with Gasteiger partial charge in [0.1, 0.15) is 25.6 Å². The lowest BCUT2D eigenvalue weighted by Crippen LogP contribution is -2.36. The third-order valence-electron chi connectivity index (χ3n) is 4.94. The zero-order valence-electron chi connectivity index (χ0n) is 21.0. The van der Waals surface area contributed by atoms with Crippen molar-refractivity contribution in [1.82, 2.24) is 9.97 Å². The molecule has 0 fully saturated rings. The molecule has 37 heavy (non-hydrogen) atoms. The average molecular weight is 516 g/mol. The molecule has 3 rings (SSSR count). The molecule has 0 unspecified atom stereocenters. The predicted molar refractivity (Wildman–Crippen MR) is 138 cm³/mol. The van der Waals surface area contributed by atoms with E-state index < -0.39 is 17.6 Å². The molecule has 12 heteroatoms. The van der Waals surface area contributed by atoms with Crippen LogP contribution in [0.3, 0.4) is 0 Å². The van der Waals surface area contributed by atoms with Gasteiger partial charge in [-0.15, -0.1) is 0 Å². The zero-order chi connectivity index (χ0) is 26.6. The molecule has 200 valence electrons. The highest BCUT2D eigenvalue weighted by Gasteiger charge is 2.15. The van der Waals surface area contributed by atoms with Crippen LogP contribution in [0.1, 0.15) is 24.2 Å². The maximum atomic E-state index is 12.8. The Kier molecular flexibility index (Phi) is 10.6. The van der Waals surface area contributed by atoms with E-state index >= 15 is 0 Å². The number of fused-ring (bicyclic) bond motifs is 1. The Morgan fingerprint density at radius 3 is 2.16 bits per heavy atom. The van der Waals surface area contributed by atoms with E-state index in [1.807, 2.05) is 13.8 Å². The smallest absolute Gasteiger partial charge is 0.260 e. The van der Waals surface area contributed by atoms with E-state index in [0.29, 0.717) is 54.8 Å². The van der Waals surface area contributed by atoms with E-state index in [0.717, 1.165) is 0 Å². The van der Waals surface area contributed by atoms with Crippen LogP contribution in [0, 0.1) is 0 Å². The van der Waals surface area contributed by atoms with Crippen molar-refractivity contribution in [2.75, 3.05) is 51.6 Å². The SMILES string of the molecule is CCOCCOc1cc2nc(NC(=O)c3ccc(OCC(N)N)cc3)[nH]c(=O)c2cc1OCCOCC. The van der Waals surface area contributed by atoms with Crippen LogP contribution in [0.5, 0.6) is 17.2 Å². The second-order valence-corrected chi connectivity index (χ2v) is 7.77. The van der Waals surface area contributed by atoms with Crippen LogP contribution in [0.15, 0.2) is 41.2 Å². The monoisotopic (exact) mass is 515 g/mol. The van der Waals surface area contributed by atoms with Crippen molar-refractivity contribution in [3.8, 4) is 17.2 Å². The summed E-state index contributed by atoms with van der Waals surface area (Å²) in [5, 5.41) is 2.89. The number of benzene rings is 2. The minimum Gasteiger partial charge on any atom is -0.491 e. The number of H-pyrrole nitrogens is 1. The Balaban J connectivity index is 1.79. The summed E-state index contributed by atoms with van der Waals surface area (Å²) < 4.78 is 27.7. The Labute approximate surface area is 214 Å². The average Bonchev–Trinajstić information content (AvgIpc) is 2.88. The minimum absolute atomic E-state index is 0.0118. The first-order chi connectivity index (χ1) is 17.9. The number of aromatic amines is 1. The van der Waals surface area contributed by atoms with E-state index in [2.05, 4.69) is 15.3 Å². The van der Waals surface area contributed by atoms with E-state index in [9.17, 15) is 9.59 Å². The molecule has 0 bridgehead atoms. The van der Waals surface area contributed by atoms with Gasteiger partial charge in [0, 0.05) is 24.8 Å². The molecule has 0 saturated heterocycles. The number of rotatable bonds is 15. The van der Waals surface area contributed by atoms with E-state index in [1.54, 1.807) is 36.4 Å². The topological polar surface area (TPSA) is 173 Å². The fraction of sp³-hybridized carbons (Fsp3) is 0.400. The highest BCUT2D eigenvalue weighted by molar-refractivity contribution is 6.03. The first-order valence-electron chi connectivity index (χ1n) is 12.0. The maximum absolute atomic E-state index is 12.8. The highest BCUT2D eigenvalue weighted by atomic mass is 16.6. The lowest BCUT2D eigenvalue weighted by atomic mass is 10.2. The van der Waals surface area contributed by atoms with Gasteiger partial charge in [-0.2, -0.15) is 0 Å². The molecule has 0 radical (unpaired) electrons. The number of carbonyl (C=O) groups excluding carboxylic acids is 1. The molecule has 6 N–H and O–H groups in total. The summed E-state index contributed by atoms with van der Waals surface area (Å²) in [5.41, 5.74) is 11.2. The molecule has 0 spiro atoms. The molecular formula is C25H33N5O7. The van der Waals surface area contributed by atoms with E-state index in [1.165, 1.54) is 0 Å². The fourth-order valence-electron chi connectivity index (χ4n) is 3.22. The van der Waals surface area contributed by atoms with Crippen LogP contribution in [0.25, 0.3) is 10.9 Å². The molecule has 12 nitrogen and oxygen atoms in total. The number of amides is 1. The van der Waals surface area contributed by atoms with Crippen molar-refractivity contribution in [2.45, 2.75) is 20.0 Å². The third-order valence-corrected chi connectivity index (χ3v) is 4.94. The van der Waals surface area contributed by atoms with Gasteiger partial charge in [-0.1, -0.05) is 0 Å². The number of nitrogens with one attached hydrogen (secondary N) is 2. The summed E-state index contributed by atoms with van der Waals surface area (Å²) in [4.78, 5) is 32.5. The second kappa shape index (κ2) is 14.1. The van der Waals surface area contributed by atoms with Crippen molar-refractivity contribution >= 4 is 22.8 Å². The Morgan fingerprint density at radius 1 is 0.946 bits per heavy atom. The number of hydrogen-bond donors (Lipinski definition) is 4. The largest absolute Gasteiger partial charge is 0.491 e. The minimum atomic E-state index is -0.605. The van der Waals surface area contributed by atoms with Gasteiger partial charge in [-0.3, -0.25) is 19.9 Å². The number of ether oxygens (including phenoxy) is 5. The number of carbonyl (C=O) groups is 1. The highest BCUT2D eigenvalue weighted by Crippen LogP contribution is 2.31. The molecule has 0 aliphatic rings. The number of nitrogens with two attached hydrogens (primary N) is 2. The lowest BCUT2D eigenvalue weighted by Gasteiger charge is -2.14. The summed E-state index contributed by atoms with van der Waals surface area (Å²) >= 11 is 0. The maximum Gasteiger partial charge on any atom is 0.260 e. The third kappa shape index (κ3) is 8.43. The number of hydrogen-bond acceptors (Lipinski definition) is 10. The van der Waals surface area contributed by atoms with Crippen LogP contribution < -0.4 is 36.6 Å². The number of aromatic nitrogens is 2. The van der Waals surface area contributed by atoms with E-state index in [-0.39, 0.29) is 31.2 Å². The van der Waals surface area contributed by atoms with Crippen LogP contribution in [0.2, 0.25) is 0 Å². The second-order valence-electron chi connectivity index (χ2n) is 7.77. The summed E-state index contributed by atoms with van der Waals surface area (Å²) in [6.45, 7) is 6.40. The van der Waals surface area contributed by atoms with Crippen molar-refractivity contribution < 1.29 is 28.5 Å². The number of nitrogens with zero attached hydrogens (tertiary/aromatic N) is 1. The number of anilines is 1. The standard InChI is InChI=1S/C25H33N5O7/c1-3-33-9-11-35-20-13-18-19(14-21(20)36-12-10-34-4-2)28-25(30-24(18)32)29-23(31)16-5-7-17(8-6-16)37-15-22(26)27/h5-8,13-14,22H,3-4,9-12,15,26-27H2,1-2H3,(H2,28,29,30,31,32). The van der Waals surface area contributed by atoms with E-state index in [4.69, 9.17) is 35.2 Å². The predicted octanol–water partition coefficient (Wildman–Crippen LogP) is 1.63. The Hall–Kier alpha value is -3.71. The lowest BCUT2D eigenvalue weighted by molar-refractivity contribution is 0.100. The van der Waals surface area contributed by atoms with Gasteiger partial charge in [0.15, 0.2) is 11.5 Å². The molecule has 1 aromatic heterocycles. The summed E-state index contributed by atoms with van der Waals surface area (Å²) in [5.74, 6) is 0.819. The van der Waals surface area contributed by atoms with Gasteiger partial charge < -0.3 is 35.2 Å². The van der Waals surface area contributed by atoms with Crippen molar-refractivity contribution in [1.29, 1.82) is 0 Å². The van der Waals surface area contributed by atoms with Crippen molar-refractivity contribution in [3.63, 3.8) is 0 Å². The van der Waals surface area contributed by atoms with Crippen LogP contribution in [-0.2, 0) is 9.47 Å². The van der Waals surface area contributed by atoms with Gasteiger partial charge in [-0.25, -0.2) is 4.98 Å². The van der Waals surface area contributed by atoms with Crippen molar-refractivity contribution in [2.24, 2.45) is 11.5 Å². The summed E-state index contributed by atoms with van der Waals surface area (Å²) in [7, 11) is 0. The first kappa shape index (κ1) is 27.9. The molecule has 0 aliphatic heterocycles. The Bertz CT molecular complexity index is 1210. The summed E-state index contributed by atoms with van der Waals surface area (Å²) in [6, 6.07) is 9.53. The van der Waals surface area contributed by atoms with Gasteiger partial charge in [0.25, 0.3) is 11.5 Å². The molecule has 0 aliphatic carbocycles. The summed E-state index contributed by atoms with van der Waals surface area (Å²) in [6.07, 6.45) is -0.605. The van der Waals surface area contributed by atoms with Gasteiger partial charge in [0.05, 0.1) is 30.3 Å². The van der Waals surface area contributed by atoms with Crippen molar-refractivity contribution in [3.05, 3.63) is 52.3 Å². The Morgan fingerprint density at radius 2 is 1.57 bits per heavy atom. The molecule has 1 heterocycles. The molecule has 0 atom stereocenters.